The second kappa shape index (κ2) is 4.22. The molecule has 2 aromatic heterocycles. The van der Waals surface area contributed by atoms with Crippen molar-refractivity contribution in [2.45, 2.75) is 0 Å². The first-order chi connectivity index (χ1) is 9.72. The van der Waals surface area contributed by atoms with Crippen LogP contribution >= 0.6 is 23.6 Å². The van der Waals surface area contributed by atoms with Gasteiger partial charge >= 0.3 is 0 Å². The maximum absolute atomic E-state index is 13.3. The third-order valence-corrected chi connectivity index (χ3v) is 4.29. The van der Waals surface area contributed by atoms with Crippen molar-refractivity contribution in [1.29, 1.82) is 0 Å². The molecule has 20 heavy (non-hydrogen) atoms. The fourth-order valence-electron chi connectivity index (χ4n) is 2.32. The molecule has 0 saturated carbocycles. The van der Waals surface area contributed by atoms with E-state index < -0.39 is 0 Å². The Hall–Kier alpha value is -2.05. The lowest BCUT2D eigenvalue weighted by Gasteiger charge is -2.04. The first kappa shape index (κ1) is 11.7. The van der Waals surface area contributed by atoms with Gasteiger partial charge < -0.3 is 4.98 Å². The van der Waals surface area contributed by atoms with Gasteiger partial charge in [-0.2, -0.15) is 0 Å². The van der Waals surface area contributed by atoms with Crippen molar-refractivity contribution in [2.75, 3.05) is 0 Å². The van der Waals surface area contributed by atoms with Crippen molar-refractivity contribution in [3.8, 4) is 5.69 Å². The Morgan fingerprint density at radius 2 is 2.10 bits per heavy atom. The molecule has 98 valence electrons. The van der Waals surface area contributed by atoms with Gasteiger partial charge in [-0.25, -0.2) is 9.37 Å². The molecule has 0 aliphatic carbocycles. The molecule has 0 aliphatic heterocycles. The van der Waals surface area contributed by atoms with Gasteiger partial charge in [0.1, 0.15) is 5.82 Å². The van der Waals surface area contributed by atoms with Crippen molar-refractivity contribution in [3.05, 3.63) is 52.5 Å². The maximum Gasteiger partial charge on any atom is 0.182 e. The molecule has 1 N–H and O–H groups in total. The highest BCUT2D eigenvalue weighted by Gasteiger charge is 2.08. The molecule has 0 spiro atoms. The Balaban J connectivity index is 2.05. The van der Waals surface area contributed by atoms with E-state index in [0.717, 1.165) is 21.4 Å². The number of rotatable bonds is 1. The van der Waals surface area contributed by atoms with E-state index in [1.807, 2.05) is 28.3 Å². The van der Waals surface area contributed by atoms with E-state index >= 15 is 0 Å². The van der Waals surface area contributed by atoms with Crippen LogP contribution in [0.4, 0.5) is 4.39 Å². The third-order valence-electron chi connectivity index (χ3n) is 3.22. The van der Waals surface area contributed by atoms with Crippen LogP contribution in [0, 0.1) is 10.6 Å². The average molecular weight is 301 g/mol. The Kier molecular flexibility index (Phi) is 2.48. The molecule has 0 amide bonds. The number of H-pyrrole nitrogens is 1. The summed E-state index contributed by atoms with van der Waals surface area (Å²) in [5, 5.41) is 0. The number of hydrogen-bond acceptors (Lipinski definition) is 3. The quantitative estimate of drug-likeness (QED) is 0.527. The SMILES string of the molecule is Fc1ccc2c(c1)[nH]c(=S)n2-c1ccc2ncsc2c1. The van der Waals surface area contributed by atoms with Crippen molar-refractivity contribution >= 4 is 44.8 Å². The predicted octanol–water partition coefficient (Wildman–Crippen LogP) is 4.44. The third kappa shape index (κ3) is 1.69. The number of hydrogen-bond donors (Lipinski definition) is 1. The average Bonchev–Trinajstić information content (AvgIpc) is 3.00. The Labute approximate surface area is 122 Å². The minimum atomic E-state index is -0.279. The van der Waals surface area contributed by atoms with Crippen LogP contribution in [0.2, 0.25) is 0 Å². The van der Waals surface area contributed by atoms with E-state index in [0.29, 0.717) is 10.3 Å². The van der Waals surface area contributed by atoms with Gasteiger partial charge in [0.15, 0.2) is 4.77 Å². The molecule has 2 aromatic carbocycles. The lowest BCUT2D eigenvalue weighted by atomic mass is 10.2. The normalized spacial score (nSPS) is 11.4. The molecule has 0 saturated heterocycles. The Morgan fingerprint density at radius 3 is 3.00 bits per heavy atom. The number of aromatic amines is 1. The number of thiazole rings is 1. The van der Waals surface area contributed by atoms with Gasteiger partial charge in [-0.05, 0) is 48.6 Å². The standard InChI is InChI=1S/C14H8FN3S2/c15-8-1-4-12-11(5-8)17-14(19)18(12)9-2-3-10-13(6-9)20-7-16-10/h1-7H,(H,17,19). The van der Waals surface area contributed by atoms with E-state index in [1.54, 1.807) is 17.4 Å². The highest BCUT2D eigenvalue weighted by Crippen LogP contribution is 2.25. The van der Waals surface area contributed by atoms with Gasteiger partial charge in [0.05, 0.1) is 26.8 Å². The Bertz CT molecular complexity index is 996. The summed E-state index contributed by atoms with van der Waals surface area (Å²) in [7, 11) is 0. The van der Waals surface area contributed by atoms with Gasteiger partial charge in [-0.3, -0.25) is 4.57 Å². The van der Waals surface area contributed by atoms with Crippen molar-refractivity contribution < 1.29 is 4.39 Å². The zero-order chi connectivity index (χ0) is 13.7. The molecule has 0 fully saturated rings. The van der Waals surface area contributed by atoms with Crippen LogP contribution in [-0.2, 0) is 0 Å². The Morgan fingerprint density at radius 1 is 1.20 bits per heavy atom. The fraction of sp³-hybridized carbons (Fsp3) is 0. The van der Waals surface area contributed by atoms with Crippen molar-refractivity contribution in [1.82, 2.24) is 14.5 Å². The van der Waals surface area contributed by atoms with Gasteiger partial charge in [0.2, 0.25) is 0 Å². The lowest BCUT2D eigenvalue weighted by molar-refractivity contribution is 0.629. The summed E-state index contributed by atoms with van der Waals surface area (Å²) in [5.74, 6) is -0.279. The molecule has 0 bridgehead atoms. The smallest absolute Gasteiger partial charge is 0.182 e. The van der Waals surface area contributed by atoms with Gasteiger partial charge in [-0.1, -0.05) is 0 Å². The van der Waals surface area contributed by atoms with Crippen molar-refractivity contribution in [3.63, 3.8) is 0 Å². The van der Waals surface area contributed by atoms with Gasteiger partial charge in [-0.15, -0.1) is 11.3 Å². The molecule has 0 atom stereocenters. The molecule has 6 heteroatoms. The van der Waals surface area contributed by atoms with Crippen LogP contribution in [0.5, 0.6) is 0 Å². The fourth-order valence-corrected chi connectivity index (χ4v) is 3.35. The summed E-state index contributed by atoms with van der Waals surface area (Å²) >= 11 is 6.94. The van der Waals surface area contributed by atoms with E-state index in [4.69, 9.17) is 12.2 Å². The molecular formula is C14H8FN3S2. The molecule has 0 unspecified atom stereocenters. The summed E-state index contributed by atoms with van der Waals surface area (Å²) in [6.07, 6.45) is 0. The minimum absolute atomic E-state index is 0.279. The second-order valence-electron chi connectivity index (χ2n) is 4.43. The van der Waals surface area contributed by atoms with E-state index in [2.05, 4.69) is 9.97 Å². The molecule has 3 nitrogen and oxygen atoms in total. The number of nitrogens with one attached hydrogen (secondary N) is 1. The van der Waals surface area contributed by atoms with Crippen LogP contribution in [0.15, 0.2) is 41.9 Å². The predicted molar refractivity (Wildman–Crippen MR) is 81.6 cm³/mol. The van der Waals surface area contributed by atoms with Crippen LogP contribution < -0.4 is 0 Å². The van der Waals surface area contributed by atoms with E-state index in [9.17, 15) is 4.39 Å². The van der Waals surface area contributed by atoms with Crippen LogP contribution in [0.3, 0.4) is 0 Å². The number of imidazole rings is 1. The van der Waals surface area contributed by atoms with Crippen LogP contribution in [0.1, 0.15) is 0 Å². The topological polar surface area (TPSA) is 33.6 Å². The zero-order valence-electron chi connectivity index (χ0n) is 10.1. The van der Waals surface area contributed by atoms with E-state index in [-0.39, 0.29) is 5.82 Å². The summed E-state index contributed by atoms with van der Waals surface area (Å²) in [5.41, 5.74) is 5.29. The highest BCUT2D eigenvalue weighted by molar-refractivity contribution is 7.71. The molecule has 2 heterocycles. The monoisotopic (exact) mass is 301 g/mol. The summed E-state index contributed by atoms with van der Waals surface area (Å²) in [4.78, 5) is 7.30. The second-order valence-corrected chi connectivity index (χ2v) is 5.70. The molecule has 4 rings (SSSR count). The van der Waals surface area contributed by atoms with Crippen molar-refractivity contribution in [2.24, 2.45) is 0 Å². The van der Waals surface area contributed by atoms with E-state index in [1.165, 1.54) is 12.1 Å². The van der Waals surface area contributed by atoms with Gasteiger partial charge in [0.25, 0.3) is 0 Å². The first-order valence-corrected chi connectivity index (χ1v) is 7.25. The van der Waals surface area contributed by atoms with Gasteiger partial charge in [0, 0.05) is 5.69 Å². The largest absolute Gasteiger partial charge is 0.330 e. The van der Waals surface area contributed by atoms with Crippen LogP contribution in [-0.4, -0.2) is 14.5 Å². The lowest BCUT2D eigenvalue weighted by Crippen LogP contribution is -1.93. The summed E-state index contributed by atoms with van der Waals surface area (Å²) < 4.78 is 16.8. The summed E-state index contributed by atoms with van der Waals surface area (Å²) in [6, 6.07) is 10.6. The number of nitrogens with zero attached hydrogens (tertiary/aromatic N) is 2. The molecule has 0 radical (unpaired) electrons. The number of fused-ring (bicyclic) bond motifs is 2. The maximum atomic E-state index is 13.3. The zero-order valence-corrected chi connectivity index (χ0v) is 11.8. The molecule has 4 aromatic rings. The number of aromatic nitrogens is 3. The van der Waals surface area contributed by atoms with Crippen LogP contribution in [0.25, 0.3) is 26.9 Å². The number of halogens is 1. The number of benzene rings is 2. The molecule has 0 aliphatic rings. The summed E-state index contributed by atoms with van der Waals surface area (Å²) in [6.45, 7) is 0. The minimum Gasteiger partial charge on any atom is -0.330 e. The first-order valence-electron chi connectivity index (χ1n) is 5.96. The highest BCUT2D eigenvalue weighted by atomic mass is 32.1. The molecular weight excluding hydrogens is 293 g/mol.